The minimum Gasteiger partial charge on any atom is -0.494 e. The Morgan fingerprint density at radius 3 is 1.52 bits per heavy atom. The van der Waals surface area contributed by atoms with Gasteiger partial charge >= 0.3 is 0 Å². The Kier molecular flexibility index (Phi) is 5.85. The average molecular weight is 338 g/mol. The molecular weight excluding hydrogens is 320 g/mol. The molecule has 2 rings (SSSR count). The zero-order valence-electron chi connectivity index (χ0n) is 14.5. The van der Waals surface area contributed by atoms with E-state index in [1.165, 1.54) is 14.2 Å². The largest absolute Gasteiger partial charge is 0.494 e. The van der Waals surface area contributed by atoms with Gasteiger partial charge in [0, 0.05) is 6.42 Å². The average Bonchev–Trinajstić information content (AvgIpc) is 2.59. The third kappa shape index (κ3) is 4.01. The molecule has 0 spiro atoms. The molecule has 0 heterocycles. The Hall–Kier alpha value is -3.20. The van der Waals surface area contributed by atoms with E-state index in [0.717, 1.165) is 22.3 Å². The summed E-state index contributed by atoms with van der Waals surface area (Å²) in [5.74, 6) is 0.969. The molecule has 0 aliphatic heterocycles. The molecule has 0 saturated carbocycles. The topological polar surface area (TPSA) is 77.3 Å². The van der Waals surface area contributed by atoms with E-state index in [-0.39, 0.29) is 0 Å². The number of hydrogen-bond donors (Lipinski definition) is 0. The van der Waals surface area contributed by atoms with Crippen molar-refractivity contribution in [3.8, 4) is 11.5 Å². The molecule has 0 amide bonds. The molecule has 0 aliphatic rings. The summed E-state index contributed by atoms with van der Waals surface area (Å²) in [6.45, 7) is 3.84. The van der Waals surface area contributed by atoms with Crippen molar-refractivity contribution in [2.75, 3.05) is 14.2 Å². The van der Waals surface area contributed by atoms with Gasteiger partial charge in [-0.2, -0.15) is 9.98 Å². The molecule has 6 heteroatoms. The highest BCUT2D eigenvalue weighted by Crippen LogP contribution is 2.38. The highest BCUT2D eigenvalue weighted by molar-refractivity contribution is 5.68. The fraction of sp³-hybridized carbons (Fsp3) is 0.263. The molecule has 0 N–H and O–H groups in total. The number of aliphatic imine (C=N–C) groups is 2. The van der Waals surface area contributed by atoms with Gasteiger partial charge in [-0.05, 0) is 48.2 Å². The number of hydrogen-bond acceptors (Lipinski definition) is 6. The predicted octanol–water partition coefficient (Wildman–Crippen LogP) is 3.85. The molecule has 0 unspecified atom stereocenters. The van der Waals surface area contributed by atoms with Crippen LogP contribution in [0.5, 0.6) is 11.5 Å². The van der Waals surface area contributed by atoms with E-state index in [1.807, 2.05) is 26.0 Å². The lowest BCUT2D eigenvalue weighted by Gasteiger charge is -2.14. The van der Waals surface area contributed by atoms with Crippen molar-refractivity contribution in [1.82, 2.24) is 0 Å². The molecule has 0 atom stereocenters. The summed E-state index contributed by atoms with van der Waals surface area (Å²) in [7, 11) is 3.03. The first-order chi connectivity index (χ1) is 12.0. The molecule has 0 aliphatic carbocycles. The van der Waals surface area contributed by atoms with E-state index < -0.39 is 0 Å². The zero-order valence-corrected chi connectivity index (χ0v) is 14.5. The molecule has 2 aromatic carbocycles. The van der Waals surface area contributed by atoms with Gasteiger partial charge in [0.25, 0.3) is 0 Å². The Morgan fingerprint density at radius 1 is 0.800 bits per heavy atom. The summed E-state index contributed by atoms with van der Waals surface area (Å²) in [6.07, 6.45) is 3.51. The molecule has 25 heavy (non-hydrogen) atoms. The summed E-state index contributed by atoms with van der Waals surface area (Å²) in [5.41, 5.74) is 4.24. The van der Waals surface area contributed by atoms with Gasteiger partial charge in [0.1, 0.15) is 22.9 Å². The molecule has 0 aromatic heterocycles. The van der Waals surface area contributed by atoms with Crippen LogP contribution in [0, 0.1) is 13.8 Å². The second-order valence-corrected chi connectivity index (χ2v) is 5.53. The number of carbonyl (C=O) groups excluding carboxylic acids is 2. The Labute approximate surface area is 145 Å². The fourth-order valence-electron chi connectivity index (χ4n) is 2.77. The van der Waals surface area contributed by atoms with Gasteiger partial charge in [-0.15, -0.1) is 0 Å². The van der Waals surface area contributed by atoms with E-state index in [0.29, 0.717) is 29.3 Å². The molecular formula is C19H18N2O4. The third-order valence-electron chi connectivity index (χ3n) is 3.73. The number of isocyanates is 2. The monoisotopic (exact) mass is 338 g/mol. The van der Waals surface area contributed by atoms with Gasteiger partial charge in [-0.25, -0.2) is 9.59 Å². The van der Waals surface area contributed by atoms with Crippen LogP contribution in [0.2, 0.25) is 0 Å². The molecule has 0 bridgehead atoms. The van der Waals surface area contributed by atoms with Crippen molar-refractivity contribution in [3.05, 3.63) is 46.5 Å². The lowest BCUT2D eigenvalue weighted by molar-refractivity contribution is 0.415. The minimum absolute atomic E-state index is 0.386. The molecule has 0 fully saturated rings. The van der Waals surface area contributed by atoms with Crippen molar-refractivity contribution in [2.24, 2.45) is 9.98 Å². The fourth-order valence-corrected chi connectivity index (χ4v) is 2.77. The van der Waals surface area contributed by atoms with Crippen molar-refractivity contribution < 1.29 is 19.1 Å². The molecule has 0 radical (unpaired) electrons. The summed E-state index contributed by atoms with van der Waals surface area (Å²) in [5, 5.41) is 0. The van der Waals surface area contributed by atoms with Crippen molar-refractivity contribution in [2.45, 2.75) is 20.3 Å². The summed E-state index contributed by atoms with van der Waals surface area (Å²) >= 11 is 0. The van der Waals surface area contributed by atoms with E-state index >= 15 is 0 Å². The first-order valence-corrected chi connectivity index (χ1v) is 7.54. The van der Waals surface area contributed by atoms with Crippen LogP contribution < -0.4 is 9.47 Å². The van der Waals surface area contributed by atoms with E-state index in [9.17, 15) is 9.59 Å². The van der Waals surface area contributed by atoms with E-state index in [4.69, 9.17) is 9.47 Å². The zero-order chi connectivity index (χ0) is 18.4. The van der Waals surface area contributed by atoms with E-state index in [2.05, 4.69) is 9.98 Å². The first-order valence-electron chi connectivity index (χ1n) is 7.54. The summed E-state index contributed by atoms with van der Waals surface area (Å²) in [4.78, 5) is 29.2. The van der Waals surface area contributed by atoms with Crippen LogP contribution in [-0.2, 0) is 16.0 Å². The maximum atomic E-state index is 10.8. The molecule has 6 nitrogen and oxygen atoms in total. The first kappa shape index (κ1) is 18.1. The number of nitrogens with zero attached hydrogens (tertiary/aromatic N) is 2. The summed E-state index contributed by atoms with van der Waals surface area (Å²) in [6, 6.07) is 7.39. The van der Waals surface area contributed by atoms with Crippen molar-refractivity contribution >= 4 is 23.5 Å². The highest BCUT2D eigenvalue weighted by atomic mass is 16.5. The number of ether oxygens (including phenoxy) is 2. The standard InChI is InChI=1S/C19H18N2O4/c1-12-5-14(18(20-10-22)16(7-12)24-3)9-15-6-13(2)8-17(25-4)19(15)21-11-23/h5-8H,9H2,1-4H3. The van der Waals surface area contributed by atoms with E-state index in [1.54, 1.807) is 24.3 Å². The molecule has 2 aromatic rings. The van der Waals surface area contributed by atoms with Crippen molar-refractivity contribution in [3.63, 3.8) is 0 Å². The smallest absolute Gasteiger partial charge is 0.240 e. The van der Waals surface area contributed by atoms with Gasteiger partial charge in [0.2, 0.25) is 12.2 Å². The second-order valence-electron chi connectivity index (χ2n) is 5.53. The Bertz CT molecular complexity index is 819. The van der Waals surface area contributed by atoms with Crippen LogP contribution >= 0.6 is 0 Å². The highest BCUT2D eigenvalue weighted by Gasteiger charge is 2.16. The number of rotatable bonds is 6. The van der Waals surface area contributed by atoms with Gasteiger partial charge in [-0.3, -0.25) is 0 Å². The maximum Gasteiger partial charge on any atom is 0.240 e. The van der Waals surface area contributed by atoms with Crippen molar-refractivity contribution in [1.29, 1.82) is 0 Å². The molecule has 128 valence electrons. The van der Waals surface area contributed by atoms with Gasteiger partial charge in [0.15, 0.2) is 0 Å². The van der Waals surface area contributed by atoms with Crippen LogP contribution in [-0.4, -0.2) is 26.4 Å². The van der Waals surface area contributed by atoms with Crippen LogP contribution in [0.1, 0.15) is 22.3 Å². The Balaban J connectivity index is 2.68. The quantitative estimate of drug-likeness (QED) is 0.592. The Morgan fingerprint density at radius 2 is 1.20 bits per heavy atom. The lowest BCUT2D eigenvalue weighted by atomic mass is 9.97. The van der Waals surface area contributed by atoms with Gasteiger partial charge in [-0.1, -0.05) is 12.1 Å². The minimum atomic E-state index is 0.386. The van der Waals surface area contributed by atoms with Crippen LogP contribution in [0.15, 0.2) is 34.3 Å². The molecule has 0 saturated heterocycles. The van der Waals surface area contributed by atoms with Crippen LogP contribution in [0.3, 0.4) is 0 Å². The normalized spacial score (nSPS) is 9.76. The lowest BCUT2D eigenvalue weighted by Crippen LogP contribution is -1.97. The third-order valence-corrected chi connectivity index (χ3v) is 3.73. The van der Waals surface area contributed by atoms with Gasteiger partial charge < -0.3 is 9.47 Å². The summed E-state index contributed by atoms with van der Waals surface area (Å²) < 4.78 is 10.6. The number of aryl methyl sites for hydroxylation is 2. The maximum absolute atomic E-state index is 10.8. The van der Waals surface area contributed by atoms with Crippen LogP contribution in [0.4, 0.5) is 11.4 Å². The number of benzene rings is 2. The SMILES string of the molecule is COc1cc(C)cc(Cc2cc(C)cc(OC)c2N=C=O)c1N=C=O. The van der Waals surface area contributed by atoms with Gasteiger partial charge in [0.05, 0.1) is 14.2 Å². The predicted molar refractivity (Wildman–Crippen MR) is 93.8 cm³/mol. The van der Waals surface area contributed by atoms with Crippen LogP contribution in [0.25, 0.3) is 0 Å². The number of methoxy groups -OCH3 is 2. The second kappa shape index (κ2) is 8.06.